The Morgan fingerprint density at radius 3 is 2.63 bits per heavy atom. The van der Waals surface area contributed by atoms with E-state index < -0.39 is 0 Å². The molecule has 7 heteroatoms. The van der Waals surface area contributed by atoms with Crippen molar-refractivity contribution in [1.29, 1.82) is 0 Å². The van der Waals surface area contributed by atoms with Crippen LogP contribution in [0.5, 0.6) is 5.75 Å². The van der Waals surface area contributed by atoms with Crippen molar-refractivity contribution < 1.29 is 13.9 Å². The summed E-state index contributed by atoms with van der Waals surface area (Å²) in [5.74, 6) is 1.92. The predicted molar refractivity (Wildman–Crippen MR) is 105 cm³/mol. The molecule has 6 nitrogen and oxygen atoms in total. The molecule has 0 radical (unpaired) electrons. The van der Waals surface area contributed by atoms with Crippen molar-refractivity contribution in [3.05, 3.63) is 66.1 Å². The Morgan fingerprint density at radius 2 is 1.89 bits per heavy atom. The number of carbonyl (C=O) groups excluding carboxylic acids is 1. The van der Waals surface area contributed by atoms with Gasteiger partial charge in [-0.2, -0.15) is 0 Å². The third-order valence-electron chi connectivity index (χ3n) is 3.64. The molecule has 1 amide bonds. The van der Waals surface area contributed by atoms with E-state index in [1.54, 1.807) is 11.8 Å². The quantitative estimate of drug-likeness (QED) is 0.563. The molecule has 0 atom stereocenters. The highest BCUT2D eigenvalue weighted by molar-refractivity contribution is 7.99. The second-order valence-corrected chi connectivity index (χ2v) is 6.88. The maximum Gasteiger partial charge on any atom is 0.322 e. The number of carbonyl (C=O) groups is 1. The summed E-state index contributed by atoms with van der Waals surface area (Å²) in [4.78, 5) is 13.3. The molecule has 1 N–H and O–H groups in total. The standard InChI is InChI=1S/C20H21N3O3S/c1-2-25-16-10-8-15(9-11-16)14-18(24)21-20-23-22-19(26-20)12-13-27-17-6-4-3-5-7-17/h3-11H,2,12-14H2,1H3,(H,21,23,24). The van der Waals surface area contributed by atoms with Crippen molar-refractivity contribution in [3.8, 4) is 5.75 Å². The van der Waals surface area contributed by atoms with Gasteiger partial charge in [0.15, 0.2) is 0 Å². The summed E-state index contributed by atoms with van der Waals surface area (Å²) in [5, 5.41) is 10.5. The van der Waals surface area contributed by atoms with Gasteiger partial charge in [-0.05, 0) is 36.8 Å². The Morgan fingerprint density at radius 1 is 1.11 bits per heavy atom. The summed E-state index contributed by atoms with van der Waals surface area (Å²) in [6.45, 7) is 2.55. The molecule has 2 aromatic carbocycles. The maximum absolute atomic E-state index is 12.1. The summed E-state index contributed by atoms with van der Waals surface area (Å²) < 4.78 is 10.9. The van der Waals surface area contributed by atoms with Crippen LogP contribution in [0.25, 0.3) is 0 Å². The highest BCUT2D eigenvalue weighted by atomic mass is 32.2. The van der Waals surface area contributed by atoms with Gasteiger partial charge in [0.25, 0.3) is 0 Å². The van der Waals surface area contributed by atoms with E-state index >= 15 is 0 Å². The van der Waals surface area contributed by atoms with E-state index in [9.17, 15) is 4.79 Å². The number of anilines is 1. The first kappa shape index (κ1) is 19.0. The molecule has 0 aliphatic carbocycles. The lowest BCUT2D eigenvalue weighted by Crippen LogP contribution is -2.14. The number of aromatic nitrogens is 2. The second-order valence-electron chi connectivity index (χ2n) is 5.71. The molecule has 1 aromatic heterocycles. The number of aryl methyl sites for hydroxylation is 1. The Hall–Kier alpha value is -2.80. The number of nitrogens with one attached hydrogen (secondary N) is 1. The summed E-state index contributed by atoms with van der Waals surface area (Å²) >= 11 is 1.72. The van der Waals surface area contributed by atoms with E-state index in [0.29, 0.717) is 18.9 Å². The Kier molecular flexibility index (Phi) is 6.87. The molecule has 1 heterocycles. The van der Waals surface area contributed by atoms with Gasteiger partial charge in [0.1, 0.15) is 5.75 Å². The lowest BCUT2D eigenvalue weighted by Gasteiger charge is -2.04. The number of hydrogen-bond acceptors (Lipinski definition) is 6. The van der Waals surface area contributed by atoms with Crippen LogP contribution in [-0.4, -0.2) is 28.5 Å². The van der Waals surface area contributed by atoms with Crippen molar-refractivity contribution in [2.75, 3.05) is 17.7 Å². The van der Waals surface area contributed by atoms with Crippen LogP contribution in [0.2, 0.25) is 0 Å². The van der Waals surface area contributed by atoms with Gasteiger partial charge < -0.3 is 9.15 Å². The molecule has 0 spiro atoms. The number of thioether (sulfide) groups is 1. The van der Waals surface area contributed by atoms with Crippen molar-refractivity contribution in [1.82, 2.24) is 10.2 Å². The van der Waals surface area contributed by atoms with Crippen LogP contribution < -0.4 is 10.1 Å². The van der Waals surface area contributed by atoms with Gasteiger partial charge in [0, 0.05) is 17.1 Å². The molecule has 0 aliphatic heterocycles. The highest BCUT2D eigenvalue weighted by Crippen LogP contribution is 2.19. The SMILES string of the molecule is CCOc1ccc(CC(=O)Nc2nnc(CCSc3ccccc3)o2)cc1. The van der Waals surface area contributed by atoms with E-state index in [4.69, 9.17) is 9.15 Å². The monoisotopic (exact) mass is 383 g/mol. The van der Waals surface area contributed by atoms with Crippen molar-refractivity contribution in [2.24, 2.45) is 0 Å². The molecule has 140 valence electrons. The summed E-state index contributed by atoms with van der Waals surface area (Å²) in [5.41, 5.74) is 0.884. The molecular weight excluding hydrogens is 362 g/mol. The van der Waals surface area contributed by atoms with Crippen molar-refractivity contribution >= 4 is 23.7 Å². The van der Waals surface area contributed by atoms with Gasteiger partial charge in [0.05, 0.1) is 13.0 Å². The fourth-order valence-electron chi connectivity index (χ4n) is 2.40. The third-order valence-corrected chi connectivity index (χ3v) is 4.65. The van der Waals surface area contributed by atoms with Gasteiger partial charge in [0.2, 0.25) is 11.8 Å². The van der Waals surface area contributed by atoms with Crippen LogP contribution in [0.4, 0.5) is 6.01 Å². The Balaban J connectivity index is 1.44. The van der Waals surface area contributed by atoms with E-state index in [-0.39, 0.29) is 18.3 Å². The second kappa shape index (κ2) is 9.78. The lowest BCUT2D eigenvalue weighted by atomic mass is 10.1. The average molecular weight is 383 g/mol. The fourth-order valence-corrected chi connectivity index (χ4v) is 3.26. The zero-order valence-corrected chi connectivity index (χ0v) is 15.9. The number of benzene rings is 2. The van der Waals surface area contributed by atoms with E-state index in [0.717, 1.165) is 17.1 Å². The molecule has 3 aromatic rings. The summed E-state index contributed by atoms with van der Waals surface area (Å²) in [6.07, 6.45) is 0.870. The minimum atomic E-state index is -0.201. The average Bonchev–Trinajstić information content (AvgIpc) is 3.11. The fraction of sp³-hybridized carbons (Fsp3) is 0.250. The number of nitrogens with zero attached hydrogens (tertiary/aromatic N) is 2. The van der Waals surface area contributed by atoms with Crippen molar-refractivity contribution in [2.45, 2.75) is 24.7 Å². The maximum atomic E-state index is 12.1. The summed E-state index contributed by atoms with van der Waals surface area (Å²) in [7, 11) is 0. The van der Waals surface area contributed by atoms with Gasteiger partial charge in [-0.25, -0.2) is 0 Å². The molecule has 0 aliphatic rings. The van der Waals surface area contributed by atoms with Crippen LogP contribution in [0.1, 0.15) is 18.4 Å². The summed E-state index contributed by atoms with van der Waals surface area (Å²) in [6, 6.07) is 17.7. The molecule has 27 heavy (non-hydrogen) atoms. The van der Waals surface area contributed by atoms with E-state index in [1.165, 1.54) is 4.90 Å². The topological polar surface area (TPSA) is 77.2 Å². The zero-order chi connectivity index (χ0) is 18.9. The van der Waals surface area contributed by atoms with Crippen LogP contribution >= 0.6 is 11.8 Å². The third kappa shape index (κ3) is 6.14. The van der Waals surface area contributed by atoms with E-state index in [1.807, 2.05) is 49.4 Å². The first-order valence-electron chi connectivity index (χ1n) is 8.75. The first-order chi connectivity index (χ1) is 13.2. The molecule has 0 saturated carbocycles. The van der Waals surface area contributed by atoms with Gasteiger partial charge in [-0.15, -0.1) is 16.9 Å². The number of rotatable bonds is 9. The van der Waals surface area contributed by atoms with Gasteiger partial charge in [-0.3, -0.25) is 10.1 Å². The molecule has 0 unspecified atom stereocenters. The first-order valence-corrected chi connectivity index (χ1v) is 9.73. The Bertz CT molecular complexity index is 850. The largest absolute Gasteiger partial charge is 0.494 e. The molecule has 0 bridgehead atoms. The Labute approximate surface area is 162 Å². The van der Waals surface area contributed by atoms with E-state index in [2.05, 4.69) is 27.6 Å². The minimum Gasteiger partial charge on any atom is -0.494 e. The molecular formula is C20H21N3O3S. The molecule has 0 saturated heterocycles. The number of ether oxygens (including phenoxy) is 1. The molecule has 0 fully saturated rings. The molecule has 3 rings (SSSR count). The van der Waals surface area contributed by atoms with Crippen LogP contribution in [0.3, 0.4) is 0 Å². The normalized spacial score (nSPS) is 10.6. The van der Waals surface area contributed by atoms with Gasteiger partial charge in [-0.1, -0.05) is 35.4 Å². The van der Waals surface area contributed by atoms with Crippen LogP contribution in [0, 0.1) is 0 Å². The highest BCUT2D eigenvalue weighted by Gasteiger charge is 2.11. The van der Waals surface area contributed by atoms with Crippen molar-refractivity contribution in [3.63, 3.8) is 0 Å². The van der Waals surface area contributed by atoms with Gasteiger partial charge >= 0.3 is 6.01 Å². The number of hydrogen-bond donors (Lipinski definition) is 1. The smallest absolute Gasteiger partial charge is 0.322 e. The van der Waals surface area contributed by atoms with Crippen LogP contribution in [0.15, 0.2) is 63.9 Å². The zero-order valence-electron chi connectivity index (χ0n) is 15.1. The minimum absolute atomic E-state index is 0.130. The van der Waals surface area contributed by atoms with Crippen LogP contribution in [-0.2, 0) is 17.6 Å². The number of amides is 1. The lowest BCUT2D eigenvalue weighted by molar-refractivity contribution is -0.115. The predicted octanol–water partition coefficient (Wildman–Crippen LogP) is 3.98.